The molecular weight excluding hydrogens is 516 g/mol. The molecule has 1 saturated carbocycles. The average Bonchev–Trinajstić information content (AvgIpc) is 3.28. The molecular formula is C29H36N4O7. The van der Waals surface area contributed by atoms with Crippen LogP contribution in [0.1, 0.15) is 30.4 Å². The number of piperidine rings is 1. The number of phenolic OH excluding ortho intramolecular Hbond substituents is 1. The van der Waals surface area contributed by atoms with Crippen molar-refractivity contribution in [3.05, 3.63) is 47.5 Å². The highest BCUT2D eigenvalue weighted by atomic mass is 16.5. The first-order chi connectivity index (χ1) is 19.2. The number of hydrogen-bond donors (Lipinski definition) is 5. The van der Waals surface area contributed by atoms with E-state index >= 15 is 0 Å². The molecule has 40 heavy (non-hydrogen) atoms. The first kappa shape index (κ1) is 26.7. The van der Waals surface area contributed by atoms with Gasteiger partial charge in [-0.05, 0) is 63.0 Å². The van der Waals surface area contributed by atoms with Crippen LogP contribution < -0.4 is 25.8 Å². The van der Waals surface area contributed by atoms with Crippen molar-refractivity contribution < 1.29 is 34.0 Å². The fourth-order valence-corrected chi connectivity index (χ4v) is 7.40. The number of likely N-dealkylation sites (tertiary alicyclic amines) is 1. The van der Waals surface area contributed by atoms with Crippen LogP contribution in [0, 0.1) is 0 Å². The largest absolute Gasteiger partial charge is 0.504 e. The Balaban J connectivity index is 1.04. The van der Waals surface area contributed by atoms with Crippen LogP contribution in [0.4, 0.5) is 5.69 Å². The summed E-state index contributed by atoms with van der Waals surface area (Å²) in [6, 6.07) is 10.2. The number of ether oxygens (including phenoxy) is 3. The Morgan fingerprint density at radius 3 is 2.85 bits per heavy atom. The topological polar surface area (TPSA) is 156 Å². The molecule has 1 saturated heterocycles. The molecule has 11 heteroatoms. The normalized spacial score (nSPS) is 29.7. The third-order valence-corrected chi connectivity index (χ3v) is 9.09. The standard InChI is InChI=1S/C29H36N4O7/c1-33-11-9-28-25-17-5-6-21(34)26(25)40-27(28)20(7-8-29(28,37)22(33)13-17)32-24(36)16-38-15-23(35)31-10-12-39-19-4-2-3-18(30)14-19/h2-6,14,20,22,27,34,37H,7-13,15-16,30H2,1H3,(H,31,35)(H,32,36)/t20-,22+,27-,28-,29+/m0/s1. The van der Waals surface area contributed by atoms with Gasteiger partial charge in [0.25, 0.3) is 0 Å². The number of phenols is 1. The summed E-state index contributed by atoms with van der Waals surface area (Å²) in [6.45, 7) is 0.772. The molecule has 0 unspecified atom stereocenters. The van der Waals surface area contributed by atoms with E-state index in [-0.39, 0.29) is 56.0 Å². The molecule has 2 bridgehead atoms. The summed E-state index contributed by atoms with van der Waals surface area (Å²) in [7, 11) is 2.04. The molecule has 5 atom stereocenters. The number of rotatable bonds is 9. The van der Waals surface area contributed by atoms with Gasteiger partial charge in [-0.1, -0.05) is 12.1 Å². The zero-order chi connectivity index (χ0) is 28.1. The number of amides is 2. The molecule has 2 aromatic rings. The number of hydrogen-bond acceptors (Lipinski definition) is 9. The number of carbonyl (C=O) groups is 2. The lowest BCUT2D eigenvalue weighted by Crippen LogP contribution is -2.77. The number of nitrogen functional groups attached to an aromatic ring is 1. The van der Waals surface area contributed by atoms with E-state index in [0.717, 1.165) is 17.7 Å². The number of nitrogens with one attached hydrogen (secondary N) is 2. The predicted molar refractivity (Wildman–Crippen MR) is 145 cm³/mol. The van der Waals surface area contributed by atoms with Crippen LogP contribution in [0.5, 0.6) is 17.2 Å². The Bertz CT molecular complexity index is 1320. The van der Waals surface area contributed by atoms with Gasteiger partial charge < -0.3 is 45.7 Å². The van der Waals surface area contributed by atoms with Crippen molar-refractivity contribution in [2.24, 2.45) is 0 Å². The minimum Gasteiger partial charge on any atom is -0.504 e. The van der Waals surface area contributed by atoms with Crippen LogP contribution in [0.15, 0.2) is 36.4 Å². The average molecular weight is 553 g/mol. The van der Waals surface area contributed by atoms with E-state index in [4.69, 9.17) is 19.9 Å². The predicted octanol–water partition coefficient (Wildman–Crippen LogP) is 0.455. The number of anilines is 1. The number of likely N-dealkylation sites (N-methyl/N-ethyl adjacent to an activating group) is 1. The highest BCUT2D eigenvalue weighted by molar-refractivity contribution is 5.80. The van der Waals surface area contributed by atoms with Crippen molar-refractivity contribution in [2.45, 2.75) is 54.9 Å². The second-order valence-corrected chi connectivity index (χ2v) is 11.3. The van der Waals surface area contributed by atoms with Crippen LogP contribution in [0.3, 0.4) is 0 Å². The molecule has 2 fully saturated rings. The SMILES string of the molecule is CN1CC[C@]23c4c5ccc(O)c4O[C@H]2[C@@H](NC(=O)COCC(=O)NCCOc2cccc(N)c2)CC[C@@]3(O)[C@H]1C5. The fourth-order valence-electron chi connectivity index (χ4n) is 7.40. The zero-order valence-corrected chi connectivity index (χ0v) is 22.5. The molecule has 6 N–H and O–H groups in total. The molecule has 214 valence electrons. The van der Waals surface area contributed by atoms with E-state index in [1.54, 1.807) is 30.3 Å². The smallest absolute Gasteiger partial charge is 0.246 e. The Labute approximate surface area is 232 Å². The van der Waals surface area contributed by atoms with Crippen molar-refractivity contribution in [3.63, 3.8) is 0 Å². The van der Waals surface area contributed by atoms with E-state index in [1.165, 1.54) is 0 Å². The Kier molecular flexibility index (Phi) is 6.76. The Morgan fingerprint density at radius 2 is 2.02 bits per heavy atom. The van der Waals surface area contributed by atoms with Crippen LogP contribution in [-0.2, 0) is 26.2 Å². The van der Waals surface area contributed by atoms with E-state index in [1.807, 2.05) is 13.1 Å². The molecule has 11 nitrogen and oxygen atoms in total. The van der Waals surface area contributed by atoms with Gasteiger partial charge in [-0.15, -0.1) is 0 Å². The number of nitrogens with two attached hydrogens (primary N) is 1. The van der Waals surface area contributed by atoms with Crippen molar-refractivity contribution in [1.29, 1.82) is 0 Å². The third-order valence-electron chi connectivity index (χ3n) is 9.09. The van der Waals surface area contributed by atoms with E-state index in [0.29, 0.717) is 42.9 Å². The highest BCUT2D eigenvalue weighted by Gasteiger charge is 2.72. The van der Waals surface area contributed by atoms with Gasteiger partial charge in [-0.2, -0.15) is 0 Å². The summed E-state index contributed by atoms with van der Waals surface area (Å²) in [6.07, 6.45) is 1.86. The molecule has 2 aliphatic carbocycles. The molecule has 2 aliphatic heterocycles. The van der Waals surface area contributed by atoms with Crippen molar-refractivity contribution in [3.8, 4) is 17.2 Å². The molecule has 2 amide bonds. The lowest BCUT2D eigenvalue weighted by atomic mass is 9.48. The van der Waals surface area contributed by atoms with Gasteiger partial charge in [0.1, 0.15) is 31.7 Å². The number of aliphatic hydroxyl groups is 1. The van der Waals surface area contributed by atoms with Gasteiger partial charge in [-0.3, -0.25) is 9.59 Å². The molecule has 2 heterocycles. The molecule has 1 spiro atoms. The highest BCUT2D eigenvalue weighted by Crippen LogP contribution is 2.65. The first-order valence-electron chi connectivity index (χ1n) is 13.8. The summed E-state index contributed by atoms with van der Waals surface area (Å²) >= 11 is 0. The van der Waals surface area contributed by atoms with Gasteiger partial charge >= 0.3 is 0 Å². The Morgan fingerprint density at radius 1 is 1.20 bits per heavy atom. The maximum Gasteiger partial charge on any atom is 0.246 e. The summed E-state index contributed by atoms with van der Waals surface area (Å²) in [5, 5.41) is 28.6. The van der Waals surface area contributed by atoms with Crippen molar-refractivity contribution >= 4 is 17.5 Å². The minimum atomic E-state index is -1.02. The lowest BCUT2D eigenvalue weighted by molar-refractivity contribution is -0.187. The molecule has 0 radical (unpaired) electrons. The number of aromatic hydroxyl groups is 1. The van der Waals surface area contributed by atoms with E-state index < -0.39 is 17.1 Å². The summed E-state index contributed by atoms with van der Waals surface area (Å²) in [5.74, 6) is 0.377. The third kappa shape index (κ3) is 4.23. The molecule has 6 rings (SSSR count). The minimum absolute atomic E-state index is 0.0555. The van der Waals surface area contributed by atoms with Gasteiger partial charge in [0, 0.05) is 23.4 Å². The number of benzene rings is 2. The van der Waals surface area contributed by atoms with E-state index in [9.17, 15) is 19.8 Å². The lowest BCUT2D eigenvalue weighted by Gasteiger charge is -2.63. The molecule has 2 aromatic carbocycles. The monoisotopic (exact) mass is 552 g/mol. The van der Waals surface area contributed by atoms with Crippen molar-refractivity contribution in [2.75, 3.05) is 45.7 Å². The molecule has 0 aromatic heterocycles. The van der Waals surface area contributed by atoms with Crippen LogP contribution in [-0.4, -0.2) is 90.7 Å². The van der Waals surface area contributed by atoms with Crippen molar-refractivity contribution in [1.82, 2.24) is 15.5 Å². The summed E-state index contributed by atoms with van der Waals surface area (Å²) in [5.41, 5.74) is 6.56. The van der Waals surface area contributed by atoms with Gasteiger partial charge in [0.05, 0.1) is 23.6 Å². The molecule has 4 aliphatic rings. The van der Waals surface area contributed by atoms with Crippen LogP contribution in [0.25, 0.3) is 0 Å². The first-order valence-corrected chi connectivity index (χ1v) is 13.8. The fraction of sp³-hybridized carbons (Fsp3) is 0.517. The summed E-state index contributed by atoms with van der Waals surface area (Å²) < 4.78 is 17.3. The second kappa shape index (κ2) is 10.1. The van der Waals surface area contributed by atoms with E-state index in [2.05, 4.69) is 15.5 Å². The quantitative estimate of drug-likeness (QED) is 0.220. The Hall–Kier alpha value is -3.54. The number of nitrogens with zero attached hydrogens (tertiary/aromatic N) is 1. The maximum atomic E-state index is 12.9. The van der Waals surface area contributed by atoms with Gasteiger partial charge in [-0.25, -0.2) is 0 Å². The van der Waals surface area contributed by atoms with Gasteiger partial charge in [0.15, 0.2) is 11.5 Å². The summed E-state index contributed by atoms with van der Waals surface area (Å²) in [4.78, 5) is 27.2. The number of carbonyl (C=O) groups excluding carboxylic acids is 2. The zero-order valence-electron chi connectivity index (χ0n) is 22.5. The van der Waals surface area contributed by atoms with Crippen LogP contribution >= 0.6 is 0 Å². The van der Waals surface area contributed by atoms with Crippen LogP contribution in [0.2, 0.25) is 0 Å². The maximum absolute atomic E-state index is 12.9. The second-order valence-electron chi connectivity index (χ2n) is 11.3. The van der Waals surface area contributed by atoms with Gasteiger partial charge in [0.2, 0.25) is 11.8 Å².